The quantitative estimate of drug-likeness (QED) is 0.682. The molecule has 1 fully saturated rings. The van der Waals surface area contributed by atoms with Crippen molar-refractivity contribution in [2.75, 3.05) is 13.1 Å². The first kappa shape index (κ1) is 10.5. The summed E-state index contributed by atoms with van der Waals surface area (Å²) >= 11 is 0. The first-order valence-corrected chi connectivity index (χ1v) is 5.08. The van der Waals surface area contributed by atoms with E-state index in [2.05, 4.69) is 10.2 Å². The number of aliphatic hydroxyl groups is 2. The number of aryl methyl sites for hydroxylation is 1. The Bertz CT molecular complexity index is 318. The number of likely N-dealkylation sites (tertiary alicyclic amines) is 1. The lowest BCUT2D eigenvalue weighted by molar-refractivity contribution is 0.0572. The molecule has 6 heteroatoms. The number of aromatic nitrogens is 2. The number of hydrogen-bond donors (Lipinski definition) is 2. The predicted molar refractivity (Wildman–Crippen MR) is 51.0 cm³/mol. The van der Waals surface area contributed by atoms with Gasteiger partial charge in [0, 0.05) is 19.5 Å². The van der Waals surface area contributed by atoms with Gasteiger partial charge in [0.05, 0.1) is 18.8 Å². The standard InChI is InChI=1S/C9H15N3O3/c1-2-8-10-11-9(15-8)5-12-3-6(13)7(14)4-12/h6-7,13-14H,2-5H2,1H3. The molecule has 1 aliphatic rings. The van der Waals surface area contributed by atoms with Crippen molar-refractivity contribution in [1.29, 1.82) is 0 Å². The van der Waals surface area contributed by atoms with Gasteiger partial charge in [0.2, 0.25) is 11.8 Å². The molecule has 0 aliphatic carbocycles. The maximum absolute atomic E-state index is 9.34. The fourth-order valence-electron chi connectivity index (χ4n) is 1.66. The van der Waals surface area contributed by atoms with Gasteiger partial charge in [0.15, 0.2) is 0 Å². The molecular formula is C9H15N3O3. The van der Waals surface area contributed by atoms with Crippen molar-refractivity contribution in [3.05, 3.63) is 11.8 Å². The molecule has 2 heterocycles. The molecular weight excluding hydrogens is 198 g/mol. The van der Waals surface area contributed by atoms with Crippen LogP contribution in [0.5, 0.6) is 0 Å². The van der Waals surface area contributed by atoms with E-state index in [-0.39, 0.29) is 0 Å². The van der Waals surface area contributed by atoms with E-state index in [1.165, 1.54) is 0 Å². The second-order valence-corrected chi connectivity index (χ2v) is 3.77. The summed E-state index contributed by atoms with van der Waals surface area (Å²) in [5, 5.41) is 26.4. The largest absolute Gasteiger partial charge is 0.424 e. The van der Waals surface area contributed by atoms with Crippen LogP contribution in [0.2, 0.25) is 0 Å². The van der Waals surface area contributed by atoms with Gasteiger partial charge in [-0.3, -0.25) is 4.90 Å². The Hall–Kier alpha value is -0.980. The van der Waals surface area contributed by atoms with E-state index < -0.39 is 12.2 Å². The fourth-order valence-corrected chi connectivity index (χ4v) is 1.66. The van der Waals surface area contributed by atoms with Crippen molar-refractivity contribution in [2.24, 2.45) is 0 Å². The topological polar surface area (TPSA) is 82.6 Å². The smallest absolute Gasteiger partial charge is 0.230 e. The Morgan fingerprint density at radius 2 is 1.87 bits per heavy atom. The maximum atomic E-state index is 9.34. The summed E-state index contributed by atoms with van der Waals surface area (Å²) in [6, 6.07) is 0. The molecule has 0 radical (unpaired) electrons. The summed E-state index contributed by atoms with van der Waals surface area (Å²) in [4.78, 5) is 1.89. The molecule has 84 valence electrons. The lowest BCUT2D eigenvalue weighted by Crippen LogP contribution is -2.22. The average Bonchev–Trinajstić information content (AvgIpc) is 2.76. The van der Waals surface area contributed by atoms with Crippen LogP contribution in [-0.2, 0) is 13.0 Å². The van der Waals surface area contributed by atoms with E-state index in [0.717, 1.165) is 6.42 Å². The lowest BCUT2D eigenvalue weighted by Gasteiger charge is -2.10. The van der Waals surface area contributed by atoms with Crippen LogP contribution in [0.25, 0.3) is 0 Å². The minimum absolute atomic E-state index is 0.449. The summed E-state index contributed by atoms with van der Waals surface area (Å²) in [5.74, 6) is 1.15. The molecule has 0 bridgehead atoms. The summed E-state index contributed by atoms with van der Waals surface area (Å²) < 4.78 is 5.34. The van der Waals surface area contributed by atoms with E-state index in [0.29, 0.717) is 31.4 Å². The van der Waals surface area contributed by atoms with E-state index in [1.807, 2.05) is 11.8 Å². The lowest BCUT2D eigenvalue weighted by atomic mass is 10.3. The summed E-state index contributed by atoms with van der Waals surface area (Å²) in [5.41, 5.74) is 0. The van der Waals surface area contributed by atoms with E-state index >= 15 is 0 Å². The van der Waals surface area contributed by atoms with Crippen molar-refractivity contribution in [3.63, 3.8) is 0 Å². The fraction of sp³-hybridized carbons (Fsp3) is 0.778. The molecule has 0 aromatic carbocycles. The van der Waals surface area contributed by atoms with Crippen LogP contribution in [0.3, 0.4) is 0 Å². The van der Waals surface area contributed by atoms with E-state index in [9.17, 15) is 10.2 Å². The molecule has 0 spiro atoms. The number of nitrogens with zero attached hydrogens (tertiary/aromatic N) is 3. The molecule has 2 unspecified atom stereocenters. The Kier molecular flexibility index (Phi) is 2.99. The van der Waals surface area contributed by atoms with Crippen molar-refractivity contribution in [2.45, 2.75) is 32.1 Å². The normalized spacial score (nSPS) is 27.4. The molecule has 6 nitrogen and oxygen atoms in total. The van der Waals surface area contributed by atoms with Crippen LogP contribution in [0.1, 0.15) is 18.7 Å². The second kappa shape index (κ2) is 4.26. The van der Waals surface area contributed by atoms with Gasteiger partial charge in [0.25, 0.3) is 0 Å². The molecule has 2 rings (SSSR count). The van der Waals surface area contributed by atoms with Gasteiger partial charge in [-0.1, -0.05) is 6.92 Å². The summed E-state index contributed by atoms with van der Waals surface area (Å²) in [6.45, 7) is 3.33. The van der Waals surface area contributed by atoms with Crippen molar-refractivity contribution in [3.8, 4) is 0 Å². The van der Waals surface area contributed by atoms with Crippen LogP contribution in [0.15, 0.2) is 4.42 Å². The Balaban J connectivity index is 1.92. The van der Waals surface area contributed by atoms with Crippen molar-refractivity contribution < 1.29 is 14.6 Å². The van der Waals surface area contributed by atoms with Crippen LogP contribution in [0, 0.1) is 0 Å². The molecule has 1 aliphatic heterocycles. The highest BCUT2D eigenvalue weighted by Crippen LogP contribution is 2.13. The molecule has 1 aromatic heterocycles. The van der Waals surface area contributed by atoms with Gasteiger partial charge in [-0.25, -0.2) is 0 Å². The van der Waals surface area contributed by atoms with Crippen LogP contribution >= 0.6 is 0 Å². The highest BCUT2D eigenvalue weighted by atomic mass is 16.4. The van der Waals surface area contributed by atoms with Crippen molar-refractivity contribution >= 4 is 0 Å². The van der Waals surface area contributed by atoms with Gasteiger partial charge in [-0.2, -0.15) is 0 Å². The highest BCUT2D eigenvalue weighted by molar-refractivity contribution is 4.87. The third kappa shape index (κ3) is 2.34. The molecule has 15 heavy (non-hydrogen) atoms. The van der Waals surface area contributed by atoms with Gasteiger partial charge >= 0.3 is 0 Å². The molecule has 1 saturated heterocycles. The molecule has 1 aromatic rings. The molecule has 0 amide bonds. The minimum Gasteiger partial charge on any atom is -0.424 e. The number of aliphatic hydroxyl groups excluding tert-OH is 2. The zero-order valence-corrected chi connectivity index (χ0v) is 8.63. The van der Waals surface area contributed by atoms with Crippen LogP contribution in [0.4, 0.5) is 0 Å². The number of β-amino-alcohol motifs (C(OH)–C–C–N with tert-alkyl or cyclic N) is 2. The second-order valence-electron chi connectivity index (χ2n) is 3.77. The Morgan fingerprint density at radius 1 is 1.27 bits per heavy atom. The third-order valence-electron chi connectivity index (χ3n) is 2.50. The number of rotatable bonds is 3. The summed E-state index contributed by atoms with van der Waals surface area (Å²) in [6.07, 6.45) is -0.616. The van der Waals surface area contributed by atoms with Gasteiger partial charge in [-0.15, -0.1) is 10.2 Å². The zero-order chi connectivity index (χ0) is 10.8. The zero-order valence-electron chi connectivity index (χ0n) is 8.63. The monoisotopic (exact) mass is 213 g/mol. The van der Waals surface area contributed by atoms with Gasteiger partial charge in [-0.05, 0) is 0 Å². The van der Waals surface area contributed by atoms with Gasteiger partial charge < -0.3 is 14.6 Å². The summed E-state index contributed by atoms with van der Waals surface area (Å²) in [7, 11) is 0. The average molecular weight is 213 g/mol. The number of hydrogen-bond acceptors (Lipinski definition) is 6. The van der Waals surface area contributed by atoms with E-state index in [4.69, 9.17) is 4.42 Å². The molecule has 0 saturated carbocycles. The first-order valence-electron chi connectivity index (χ1n) is 5.08. The third-order valence-corrected chi connectivity index (χ3v) is 2.50. The molecule has 2 N–H and O–H groups in total. The minimum atomic E-state index is -0.668. The predicted octanol–water partition coefficient (Wildman–Crippen LogP) is -0.831. The van der Waals surface area contributed by atoms with Crippen LogP contribution < -0.4 is 0 Å². The maximum Gasteiger partial charge on any atom is 0.230 e. The van der Waals surface area contributed by atoms with Gasteiger partial charge in [0.1, 0.15) is 0 Å². The van der Waals surface area contributed by atoms with E-state index in [1.54, 1.807) is 0 Å². The first-order chi connectivity index (χ1) is 7.19. The Labute approximate surface area is 87.5 Å². The van der Waals surface area contributed by atoms with Crippen molar-refractivity contribution in [1.82, 2.24) is 15.1 Å². The Morgan fingerprint density at radius 3 is 2.40 bits per heavy atom. The SMILES string of the molecule is CCc1nnc(CN2CC(O)C(O)C2)o1. The van der Waals surface area contributed by atoms with Crippen LogP contribution in [-0.4, -0.2) is 50.6 Å². The molecule has 2 atom stereocenters. The highest BCUT2D eigenvalue weighted by Gasteiger charge is 2.30.